The normalized spacial score (nSPS) is 11.8. The van der Waals surface area contributed by atoms with Crippen molar-refractivity contribution in [2.75, 3.05) is 0 Å². The Morgan fingerprint density at radius 1 is 0.362 bits per heavy atom. The molecule has 0 radical (unpaired) electrons. The molecule has 4 aromatic heterocycles. The maximum Gasteiger partial charge on any atom is 0.161 e. The highest BCUT2D eigenvalue weighted by Crippen LogP contribution is 2.46. The molecule has 270 valence electrons. The lowest BCUT2D eigenvalue weighted by atomic mass is 9.97. The third-order valence-corrected chi connectivity index (χ3v) is 12.6. The first-order valence-electron chi connectivity index (χ1n) is 19.4. The summed E-state index contributed by atoms with van der Waals surface area (Å²) in [4.78, 5) is 15.6. The number of aromatic nitrogens is 3. The van der Waals surface area contributed by atoms with Crippen LogP contribution in [0.25, 0.3) is 120 Å². The van der Waals surface area contributed by atoms with Gasteiger partial charge in [0, 0.05) is 69.4 Å². The van der Waals surface area contributed by atoms with Crippen molar-refractivity contribution in [3.8, 4) is 56.3 Å². The van der Waals surface area contributed by atoms with Gasteiger partial charge in [-0.25, -0.2) is 15.0 Å². The Labute approximate surface area is 337 Å². The van der Waals surface area contributed by atoms with Crippen molar-refractivity contribution in [2.45, 2.75) is 0 Å². The summed E-state index contributed by atoms with van der Waals surface area (Å²) in [6.45, 7) is 0. The molecule has 0 aliphatic carbocycles. The molecular formula is C53H31N3OS. The lowest BCUT2D eigenvalue weighted by Gasteiger charge is -2.11. The van der Waals surface area contributed by atoms with Gasteiger partial charge in [0.2, 0.25) is 0 Å². The zero-order chi connectivity index (χ0) is 38.2. The van der Waals surface area contributed by atoms with E-state index in [9.17, 15) is 0 Å². The standard InChI is InChI=1S/C53H31N3OS/c1-3-13-33(14-4-1)44-31-45(56-53(55-44)42-21-12-24-47-48(42)40-18-8-10-23-46(40)57-47)34-27-25-32(26-28-34)36-19-11-20-37-38-29-30-41-49(52(38)58-51(36)37)39-17-7-9-22-43(39)54-50(41)35-15-5-2-6-16-35/h1-31H. The average molecular weight is 758 g/mol. The Balaban J connectivity index is 1.01. The monoisotopic (exact) mass is 757 g/mol. The highest BCUT2D eigenvalue weighted by molar-refractivity contribution is 7.27. The van der Waals surface area contributed by atoms with Gasteiger partial charge in [-0.05, 0) is 35.4 Å². The van der Waals surface area contributed by atoms with Crippen LogP contribution in [0, 0.1) is 0 Å². The first-order chi connectivity index (χ1) is 28.7. The van der Waals surface area contributed by atoms with Gasteiger partial charge < -0.3 is 4.42 Å². The van der Waals surface area contributed by atoms with Crippen molar-refractivity contribution >= 4 is 75.1 Å². The summed E-state index contributed by atoms with van der Waals surface area (Å²) in [5, 5.41) is 8.22. The van der Waals surface area contributed by atoms with E-state index in [1.807, 2.05) is 47.7 Å². The molecule has 4 nitrogen and oxygen atoms in total. The highest BCUT2D eigenvalue weighted by Gasteiger charge is 2.19. The van der Waals surface area contributed by atoms with Gasteiger partial charge in [0.15, 0.2) is 5.82 Å². The zero-order valence-electron chi connectivity index (χ0n) is 31.1. The molecule has 0 fully saturated rings. The van der Waals surface area contributed by atoms with Gasteiger partial charge >= 0.3 is 0 Å². The second-order valence-corrected chi connectivity index (χ2v) is 15.7. The van der Waals surface area contributed by atoms with Gasteiger partial charge in [0.05, 0.1) is 22.6 Å². The Morgan fingerprint density at radius 3 is 1.76 bits per heavy atom. The first-order valence-corrected chi connectivity index (χ1v) is 20.2. The van der Waals surface area contributed by atoms with Crippen LogP contribution >= 0.6 is 11.3 Å². The fourth-order valence-corrected chi connectivity index (χ4v) is 9.98. The molecule has 0 saturated carbocycles. The van der Waals surface area contributed by atoms with Crippen LogP contribution in [0.15, 0.2) is 192 Å². The summed E-state index contributed by atoms with van der Waals surface area (Å²) < 4.78 is 8.82. The molecule has 5 heteroatoms. The largest absolute Gasteiger partial charge is 0.456 e. The van der Waals surface area contributed by atoms with Gasteiger partial charge in [0.1, 0.15) is 11.2 Å². The molecule has 0 bridgehead atoms. The predicted molar refractivity (Wildman–Crippen MR) is 242 cm³/mol. The smallest absolute Gasteiger partial charge is 0.161 e. The maximum atomic E-state index is 6.26. The van der Waals surface area contributed by atoms with E-state index in [0.717, 1.165) is 72.4 Å². The molecule has 0 amide bonds. The lowest BCUT2D eigenvalue weighted by molar-refractivity contribution is 0.669. The van der Waals surface area contributed by atoms with Crippen LogP contribution < -0.4 is 0 Å². The third-order valence-electron chi connectivity index (χ3n) is 11.3. The lowest BCUT2D eigenvalue weighted by Crippen LogP contribution is -1.96. The zero-order valence-corrected chi connectivity index (χ0v) is 31.9. The molecule has 4 heterocycles. The number of rotatable bonds is 5. The predicted octanol–water partition coefficient (Wildman–Crippen LogP) is 14.8. The van der Waals surface area contributed by atoms with Crippen LogP contribution in [0.5, 0.6) is 0 Å². The summed E-state index contributed by atoms with van der Waals surface area (Å²) >= 11 is 1.88. The molecule has 12 rings (SSSR count). The van der Waals surface area contributed by atoms with Crippen molar-refractivity contribution in [1.29, 1.82) is 0 Å². The van der Waals surface area contributed by atoms with Crippen LogP contribution in [0.4, 0.5) is 0 Å². The second-order valence-electron chi connectivity index (χ2n) is 14.7. The van der Waals surface area contributed by atoms with Gasteiger partial charge in [0.25, 0.3) is 0 Å². The number of furan rings is 1. The highest BCUT2D eigenvalue weighted by atomic mass is 32.1. The van der Waals surface area contributed by atoms with Crippen molar-refractivity contribution < 1.29 is 4.42 Å². The van der Waals surface area contributed by atoms with E-state index in [4.69, 9.17) is 19.4 Å². The number of pyridine rings is 1. The van der Waals surface area contributed by atoms with Gasteiger partial charge in [-0.1, -0.05) is 164 Å². The topological polar surface area (TPSA) is 51.8 Å². The molecule has 58 heavy (non-hydrogen) atoms. The van der Waals surface area contributed by atoms with Crippen LogP contribution in [-0.4, -0.2) is 15.0 Å². The number of fused-ring (bicyclic) bond motifs is 10. The number of para-hydroxylation sites is 2. The molecule has 0 unspecified atom stereocenters. The van der Waals surface area contributed by atoms with E-state index < -0.39 is 0 Å². The first kappa shape index (κ1) is 32.7. The van der Waals surface area contributed by atoms with Crippen molar-refractivity contribution in [3.63, 3.8) is 0 Å². The number of thiophene rings is 1. The van der Waals surface area contributed by atoms with E-state index in [-0.39, 0.29) is 0 Å². The van der Waals surface area contributed by atoms with Gasteiger partial charge in [-0.3, -0.25) is 0 Å². The second kappa shape index (κ2) is 13.1. The molecular weight excluding hydrogens is 727 g/mol. The third kappa shape index (κ3) is 5.18. The summed E-state index contributed by atoms with van der Waals surface area (Å²) in [7, 11) is 0. The SMILES string of the molecule is c1ccc(-c2cc(-c3ccc(-c4cccc5c4sc4c5ccc5c(-c6ccccc6)nc6ccccc6c54)cc3)nc(-c3cccc4oc5ccccc5c34)n2)cc1. The summed E-state index contributed by atoms with van der Waals surface area (Å²) in [5.74, 6) is 0.665. The average Bonchev–Trinajstić information content (AvgIpc) is 3.88. The quantitative estimate of drug-likeness (QED) is 0.164. The number of hydrogen-bond donors (Lipinski definition) is 0. The Hall–Kier alpha value is -7.47. The van der Waals surface area contributed by atoms with Crippen molar-refractivity contribution in [3.05, 3.63) is 188 Å². The maximum absolute atomic E-state index is 6.26. The number of nitrogens with zero attached hydrogens (tertiary/aromatic N) is 3. The number of hydrogen-bond acceptors (Lipinski definition) is 5. The fraction of sp³-hybridized carbons (Fsp3) is 0. The van der Waals surface area contributed by atoms with Crippen molar-refractivity contribution in [1.82, 2.24) is 15.0 Å². The summed E-state index contributed by atoms with van der Waals surface area (Å²) in [5.41, 5.74) is 11.9. The van der Waals surface area contributed by atoms with Crippen LogP contribution in [0.1, 0.15) is 0 Å². The molecule has 0 atom stereocenters. The molecule has 0 aliphatic heterocycles. The van der Waals surface area contributed by atoms with E-state index in [0.29, 0.717) is 5.82 Å². The Bertz CT molecular complexity index is 3550. The Morgan fingerprint density at radius 2 is 0.948 bits per heavy atom. The Kier molecular flexibility index (Phi) is 7.37. The summed E-state index contributed by atoms with van der Waals surface area (Å²) in [6.07, 6.45) is 0. The van der Waals surface area contributed by atoms with E-state index >= 15 is 0 Å². The minimum absolute atomic E-state index is 0.665. The van der Waals surface area contributed by atoms with Crippen molar-refractivity contribution in [2.24, 2.45) is 0 Å². The fourth-order valence-electron chi connectivity index (χ4n) is 8.59. The van der Waals surface area contributed by atoms with Crippen LogP contribution in [-0.2, 0) is 0 Å². The van der Waals surface area contributed by atoms with Crippen LogP contribution in [0.2, 0.25) is 0 Å². The molecule has 12 aromatic rings. The molecule has 0 N–H and O–H groups in total. The minimum Gasteiger partial charge on any atom is -0.456 e. The van der Waals surface area contributed by atoms with E-state index in [1.54, 1.807) is 0 Å². The van der Waals surface area contributed by atoms with E-state index in [2.05, 4.69) is 152 Å². The molecule has 8 aromatic carbocycles. The van der Waals surface area contributed by atoms with Gasteiger partial charge in [-0.2, -0.15) is 0 Å². The molecule has 0 spiro atoms. The van der Waals surface area contributed by atoms with E-state index in [1.165, 1.54) is 41.9 Å². The van der Waals surface area contributed by atoms with Crippen LogP contribution in [0.3, 0.4) is 0 Å². The van der Waals surface area contributed by atoms with Gasteiger partial charge in [-0.15, -0.1) is 11.3 Å². The molecule has 0 saturated heterocycles. The molecule has 0 aliphatic rings. The minimum atomic E-state index is 0.665. The summed E-state index contributed by atoms with van der Waals surface area (Å²) in [6, 6.07) is 65.9. The number of benzene rings is 8.